The molecule has 25 heavy (non-hydrogen) atoms. The summed E-state index contributed by atoms with van der Waals surface area (Å²) in [5, 5.41) is 2.07. The molecule has 2 aromatic heterocycles. The highest BCUT2D eigenvalue weighted by Crippen LogP contribution is 2.34. The van der Waals surface area contributed by atoms with Crippen molar-refractivity contribution in [2.75, 3.05) is 6.54 Å². The molecule has 0 bridgehead atoms. The number of carbonyl (C=O) groups is 1. The standard InChI is InChI=1S/C20H19BrN2OS/c1-13(2)10-23-17(9-18-19(23)16(21)12-25-18)20(24)22-8-7-14-5-3-4-6-15(14)11-22/h3-6,9,12H,1,7-8,10-11H2,2H3. The molecule has 0 N–H and O–H groups in total. The molecule has 1 amide bonds. The summed E-state index contributed by atoms with van der Waals surface area (Å²) in [5.41, 5.74) is 5.49. The molecule has 0 unspecified atom stereocenters. The fourth-order valence-electron chi connectivity index (χ4n) is 3.47. The SMILES string of the molecule is C=C(C)Cn1c(C(=O)N2CCc3ccccc3C2)cc2scc(Br)c21. The molecule has 0 fully saturated rings. The van der Waals surface area contributed by atoms with Gasteiger partial charge in [-0.05, 0) is 46.5 Å². The maximum atomic E-state index is 13.3. The van der Waals surface area contributed by atoms with Crippen LogP contribution in [0.5, 0.6) is 0 Å². The molecule has 0 atom stereocenters. The molecule has 4 rings (SSSR count). The molecule has 1 aliphatic heterocycles. The Kier molecular flexibility index (Phi) is 4.29. The lowest BCUT2D eigenvalue weighted by Crippen LogP contribution is -2.37. The number of hydrogen-bond acceptors (Lipinski definition) is 2. The van der Waals surface area contributed by atoms with E-state index >= 15 is 0 Å². The van der Waals surface area contributed by atoms with Crippen molar-refractivity contribution >= 4 is 43.4 Å². The van der Waals surface area contributed by atoms with Gasteiger partial charge in [0.05, 0.1) is 14.7 Å². The number of fused-ring (bicyclic) bond motifs is 2. The third kappa shape index (κ3) is 2.96. The van der Waals surface area contributed by atoms with Crippen molar-refractivity contribution in [3.8, 4) is 0 Å². The van der Waals surface area contributed by atoms with Crippen molar-refractivity contribution in [1.29, 1.82) is 0 Å². The number of allylic oxidation sites excluding steroid dienone is 1. The fraction of sp³-hybridized carbons (Fsp3) is 0.250. The second kappa shape index (κ2) is 6.46. The predicted molar refractivity (Wildman–Crippen MR) is 107 cm³/mol. The van der Waals surface area contributed by atoms with Crippen LogP contribution in [-0.4, -0.2) is 21.9 Å². The molecule has 3 nitrogen and oxygen atoms in total. The largest absolute Gasteiger partial charge is 0.333 e. The van der Waals surface area contributed by atoms with E-state index in [1.54, 1.807) is 11.3 Å². The first kappa shape index (κ1) is 16.6. The highest BCUT2D eigenvalue weighted by atomic mass is 79.9. The number of aromatic nitrogens is 1. The normalized spacial score (nSPS) is 13.9. The van der Waals surface area contributed by atoms with Crippen LogP contribution in [0, 0.1) is 0 Å². The van der Waals surface area contributed by atoms with Crippen LogP contribution in [0.2, 0.25) is 0 Å². The number of nitrogens with zero attached hydrogens (tertiary/aromatic N) is 2. The van der Waals surface area contributed by atoms with E-state index in [4.69, 9.17) is 0 Å². The monoisotopic (exact) mass is 414 g/mol. The van der Waals surface area contributed by atoms with Gasteiger partial charge in [0.1, 0.15) is 5.69 Å². The van der Waals surface area contributed by atoms with Crippen molar-refractivity contribution in [3.63, 3.8) is 0 Å². The van der Waals surface area contributed by atoms with Crippen LogP contribution in [0.15, 0.2) is 52.3 Å². The van der Waals surface area contributed by atoms with E-state index in [1.165, 1.54) is 11.1 Å². The van der Waals surface area contributed by atoms with Gasteiger partial charge in [-0.25, -0.2) is 0 Å². The average molecular weight is 415 g/mol. The third-order valence-corrected chi connectivity index (χ3v) is 6.47. The summed E-state index contributed by atoms with van der Waals surface area (Å²) in [7, 11) is 0. The lowest BCUT2D eigenvalue weighted by atomic mass is 10.00. The number of carbonyl (C=O) groups excluding carboxylic acids is 1. The second-order valence-corrected chi connectivity index (χ2v) is 8.38. The third-order valence-electron chi connectivity index (χ3n) is 4.64. The number of amides is 1. The zero-order valence-electron chi connectivity index (χ0n) is 14.1. The van der Waals surface area contributed by atoms with Crippen LogP contribution < -0.4 is 0 Å². The lowest BCUT2D eigenvalue weighted by molar-refractivity contribution is 0.0724. The van der Waals surface area contributed by atoms with Gasteiger partial charge in [-0.3, -0.25) is 4.79 Å². The van der Waals surface area contributed by atoms with E-state index in [0.717, 1.165) is 38.9 Å². The molecule has 1 aliphatic rings. The van der Waals surface area contributed by atoms with Crippen LogP contribution >= 0.6 is 27.3 Å². The first-order chi connectivity index (χ1) is 12.0. The van der Waals surface area contributed by atoms with Gasteiger partial charge in [0.25, 0.3) is 5.91 Å². The molecule has 0 aliphatic carbocycles. The van der Waals surface area contributed by atoms with Gasteiger partial charge in [-0.15, -0.1) is 11.3 Å². The molecule has 3 heterocycles. The van der Waals surface area contributed by atoms with Gasteiger partial charge in [0.2, 0.25) is 0 Å². The topological polar surface area (TPSA) is 25.2 Å². The fourth-order valence-corrected chi connectivity index (χ4v) is 5.17. The Labute approximate surface area is 159 Å². The van der Waals surface area contributed by atoms with Gasteiger partial charge >= 0.3 is 0 Å². The highest BCUT2D eigenvalue weighted by Gasteiger charge is 2.26. The summed E-state index contributed by atoms with van der Waals surface area (Å²) in [6.45, 7) is 8.14. The maximum Gasteiger partial charge on any atom is 0.270 e. The molecule has 128 valence electrons. The average Bonchev–Trinajstić information content (AvgIpc) is 3.14. The summed E-state index contributed by atoms with van der Waals surface area (Å²) in [6, 6.07) is 10.4. The van der Waals surface area contributed by atoms with Gasteiger partial charge < -0.3 is 9.47 Å². The highest BCUT2D eigenvalue weighted by molar-refractivity contribution is 9.10. The zero-order chi connectivity index (χ0) is 17.6. The van der Waals surface area contributed by atoms with Crippen LogP contribution in [0.3, 0.4) is 0 Å². The molecule has 0 saturated carbocycles. The summed E-state index contributed by atoms with van der Waals surface area (Å²) >= 11 is 5.28. The van der Waals surface area contributed by atoms with Crippen LogP contribution in [0.25, 0.3) is 10.2 Å². The van der Waals surface area contributed by atoms with Crippen LogP contribution in [0.1, 0.15) is 28.5 Å². The number of rotatable bonds is 3. The van der Waals surface area contributed by atoms with Gasteiger partial charge in [-0.2, -0.15) is 0 Å². The number of thiophene rings is 1. The smallest absolute Gasteiger partial charge is 0.270 e. The van der Waals surface area contributed by atoms with E-state index in [0.29, 0.717) is 13.1 Å². The minimum Gasteiger partial charge on any atom is -0.333 e. The van der Waals surface area contributed by atoms with Crippen molar-refractivity contribution < 1.29 is 4.79 Å². The van der Waals surface area contributed by atoms with Crippen molar-refractivity contribution in [1.82, 2.24) is 9.47 Å². The Bertz CT molecular complexity index is 985. The molecule has 1 aromatic carbocycles. The van der Waals surface area contributed by atoms with E-state index in [1.807, 2.05) is 24.0 Å². The predicted octanol–water partition coefficient (Wildman–Crippen LogP) is 5.24. The van der Waals surface area contributed by atoms with Crippen molar-refractivity contribution in [3.05, 3.63) is 69.2 Å². The van der Waals surface area contributed by atoms with Crippen molar-refractivity contribution in [2.45, 2.75) is 26.4 Å². The maximum absolute atomic E-state index is 13.3. The number of hydrogen-bond donors (Lipinski definition) is 0. The van der Waals surface area contributed by atoms with Crippen LogP contribution in [0.4, 0.5) is 0 Å². The minimum absolute atomic E-state index is 0.103. The summed E-state index contributed by atoms with van der Waals surface area (Å²) in [6.07, 6.45) is 0.918. The first-order valence-corrected chi connectivity index (χ1v) is 9.98. The first-order valence-electron chi connectivity index (χ1n) is 8.31. The molecule has 0 spiro atoms. The number of benzene rings is 1. The Morgan fingerprint density at radius 3 is 2.84 bits per heavy atom. The Morgan fingerprint density at radius 2 is 2.08 bits per heavy atom. The van der Waals surface area contributed by atoms with Crippen LogP contribution in [-0.2, 0) is 19.5 Å². The molecule has 5 heteroatoms. The van der Waals surface area contributed by atoms with Crippen molar-refractivity contribution in [2.24, 2.45) is 0 Å². The Morgan fingerprint density at radius 1 is 1.32 bits per heavy atom. The zero-order valence-corrected chi connectivity index (χ0v) is 16.5. The Hall–Kier alpha value is -1.85. The molecular formula is C20H19BrN2OS. The molecule has 0 saturated heterocycles. The summed E-state index contributed by atoms with van der Waals surface area (Å²) in [4.78, 5) is 15.2. The van der Waals surface area contributed by atoms with E-state index in [2.05, 4.69) is 50.7 Å². The quantitative estimate of drug-likeness (QED) is 0.537. The molecular weight excluding hydrogens is 396 g/mol. The van der Waals surface area contributed by atoms with Gasteiger partial charge in [0.15, 0.2) is 0 Å². The van der Waals surface area contributed by atoms with E-state index in [9.17, 15) is 4.79 Å². The van der Waals surface area contributed by atoms with Gasteiger partial charge in [0, 0.05) is 25.0 Å². The second-order valence-electron chi connectivity index (χ2n) is 6.61. The molecule has 0 radical (unpaired) electrons. The summed E-state index contributed by atoms with van der Waals surface area (Å²) < 4.78 is 4.27. The lowest BCUT2D eigenvalue weighted by Gasteiger charge is -2.29. The summed E-state index contributed by atoms with van der Waals surface area (Å²) in [5.74, 6) is 0.103. The van der Waals surface area contributed by atoms with E-state index < -0.39 is 0 Å². The van der Waals surface area contributed by atoms with Gasteiger partial charge in [-0.1, -0.05) is 36.4 Å². The number of halogens is 1. The Balaban J connectivity index is 1.72. The minimum atomic E-state index is 0.103. The van der Waals surface area contributed by atoms with E-state index in [-0.39, 0.29) is 5.91 Å². The molecule has 3 aromatic rings.